The molecule has 1 unspecified atom stereocenters. The predicted octanol–water partition coefficient (Wildman–Crippen LogP) is 1.19. The molecule has 13 heavy (non-hydrogen) atoms. The SMILES string of the molecule is CCCN=C(N)NC1CSC1(C)C. The Labute approximate surface area is 84.6 Å². The van der Waals surface area contributed by atoms with Crippen molar-refractivity contribution in [2.45, 2.75) is 38.0 Å². The van der Waals surface area contributed by atoms with Crippen LogP contribution in [0.1, 0.15) is 27.2 Å². The van der Waals surface area contributed by atoms with Crippen molar-refractivity contribution in [3.05, 3.63) is 0 Å². The first-order chi connectivity index (χ1) is 6.06. The molecule has 1 fully saturated rings. The van der Waals surface area contributed by atoms with Gasteiger partial charge in [-0.3, -0.25) is 4.99 Å². The number of aliphatic imine (C=N–C) groups is 1. The fourth-order valence-corrected chi connectivity index (χ4v) is 2.31. The molecule has 1 atom stereocenters. The van der Waals surface area contributed by atoms with E-state index >= 15 is 0 Å². The molecule has 1 heterocycles. The summed E-state index contributed by atoms with van der Waals surface area (Å²) in [5, 5.41) is 3.25. The Kier molecular flexibility index (Phi) is 3.47. The van der Waals surface area contributed by atoms with Crippen LogP contribution in [0.4, 0.5) is 0 Å². The number of nitrogens with zero attached hydrogens (tertiary/aromatic N) is 1. The lowest BCUT2D eigenvalue weighted by atomic mass is 10.0. The minimum atomic E-state index is 0.312. The van der Waals surface area contributed by atoms with E-state index in [2.05, 4.69) is 31.1 Å². The van der Waals surface area contributed by atoms with Crippen molar-refractivity contribution in [3.63, 3.8) is 0 Å². The maximum Gasteiger partial charge on any atom is 0.188 e. The third-order valence-corrected chi connectivity index (χ3v) is 3.82. The molecule has 0 aromatic heterocycles. The topological polar surface area (TPSA) is 50.4 Å². The zero-order valence-corrected chi connectivity index (χ0v) is 9.45. The van der Waals surface area contributed by atoms with E-state index in [1.54, 1.807) is 0 Å². The molecule has 0 spiro atoms. The van der Waals surface area contributed by atoms with Crippen LogP contribution in [0.3, 0.4) is 0 Å². The second-order valence-corrected chi connectivity index (χ2v) is 5.55. The zero-order chi connectivity index (χ0) is 9.90. The van der Waals surface area contributed by atoms with Gasteiger partial charge in [-0.25, -0.2) is 0 Å². The van der Waals surface area contributed by atoms with Crippen LogP contribution in [0, 0.1) is 0 Å². The highest BCUT2D eigenvalue weighted by atomic mass is 32.2. The largest absolute Gasteiger partial charge is 0.370 e. The number of nitrogens with two attached hydrogens (primary N) is 1. The Morgan fingerprint density at radius 3 is 2.77 bits per heavy atom. The Morgan fingerprint density at radius 1 is 1.69 bits per heavy atom. The van der Waals surface area contributed by atoms with Crippen LogP contribution < -0.4 is 11.1 Å². The Balaban J connectivity index is 2.32. The second-order valence-electron chi connectivity index (χ2n) is 3.88. The average Bonchev–Trinajstić information content (AvgIpc) is 2.09. The van der Waals surface area contributed by atoms with Crippen molar-refractivity contribution >= 4 is 17.7 Å². The summed E-state index contributed by atoms with van der Waals surface area (Å²) in [4.78, 5) is 4.20. The first kappa shape index (κ1) is 10.7. The van der Waals surface area contributed by atoms with E-state index in [1.165, 1.54) is 0 Å². The summed E-state index contributed by atoms with van der Waals surface area (Å²) in [5.41, 5.74) is 5.72. The summed E-state index contributed by atoms with van der Waals surface area (Å²) in [6, 6.07) is 0.484. The van der Waals surface area contributed by atoms with Crippen molar-refractivity contribution < 1.29 is 0 Å². The standard InChI is InChI=1S/C9H19N3S/c1-4-5-11-8(10)12-7-6-13-9(7,2)3/h7H,4-6H2,1-3H3,(H3,10,11,12). The van der Waals surface area contributed by atoms with Crippen LogP contribution in [0.15, 0.2) is 4.99 Å². The summed E-state index contributed by atoms with van der Waals surface area (Å²) in [7, 11) is 0. The number of nitrogens with one attached hydrogen (secondary N) is 1. The summed E-state index contributed by atoms with van der Waals surface area (Å²) >= 11 is 1.96. The van der Waals surface area contributed by atoms with Crippen LogP contribution in [0.25, 0.3) is 0 Å². The van der Waals surface area contributed by atoms with E-state index in [-0.39, 0.29) is 0 Å². The van der Waals surface area contributed by atoms with E-state index in [4.69, 9.17) is 5.73 Å². The third kappa shape index (κ3) is 2.79. The monoisotopic (exact) mass is 201 g/mol. The third-order valence-electron chi connectivity index (χ3n) is 2.29. The highest BCUT2D eigenvalue weighted by Crippen LogP contribution is 2.39. The number of hydrogen-bond acceptors (Lipinski definition) is 2. The van der Waals surface area contributed by atoms with E-state index in [0.717, 1.165) is 18.7 Å². The number of thioether (sulfide) groups is 1. The lowest BCUT2D eigenvalue weighted by Gasteiger charge is -2.44. The molecule has 3 nitrogen and oxygen atoms in total. The lowest BCUT2D eigenvalue weighted by molar-refractivity contribution is 0.497. The lowest BCUT2D eigenvalue weighted by Crippen LogP contribution is -2.58. The minimum absolute atomic E-state index is 0.312. The number of hydrogen-bond donors (Lipinski definition) is 2. The van der Waals surface area contributed by atoms with E-state index in [0.29, 0.717) is 16.7 Å². The highest BCUT2D eigenvalue weighted by molar-refractivity contribution is 8.02. The molecule has 0 radical (unpaired) electrons. The van der Waals surface area contributed by atoms with Crippen LogP contribution >= 0.6 is 11.8 Å². The molecule has 0 saturated carbocycles. The van der Waals surface area contributed by atoms with Gasteiger partial charge in [-0.2, -0.15) is 11.8 Å². The van der Waals surface area contributed by atoms with Gasteiger partial charge in [0.15, 0.2) is 5.96 Å². The first-order valence-corrected chi connectivity index (χ1v) is 5.75. The molecule has 1 aliphatic rings. The van der Waals surface area contributed by atoms with Gasteiger partial charge in [-0.15, -0.1) is 0 Å². The summed E-state index contributed by atoms with van der Waals surface area (Å²) in [6.45, 7) is 7.37. The van der Waals surface area contributed by atoms with Crippen molar-refractivity contribution in [1.29, 1.82) is 0 Å². The summed E-state index contributed by atoms with van der Waals surface area (Å²) in [5.74, 6) is 1.73. The van der Waals surface area contributed by atoms with Crippen molar-refractivity contribution in [2.75, 3.05) is 12.3 Å². The molecule has 76 valence electrons. The molecule has 0 bridgehead atoms. The fraction of sp³-hybridized carbons (Fsp3) is 0.889. The summed E-state index contributed by atoms with van der Waals surface area (Å²) in [6.07, 6.45) is 1.05. The van der Waals surface area contributed by atoms with Gasteiger partial charge in [0.2, 0.25) is 0 Å². The van der Waals surface area contributed by atoms with Gasteiger partial charge in [0.25, 0.3) is 0 Å². The van der Waals surface area contributed by atoms with Crippen LogP contribution in [-0.4, -0.2) is 29.0 Å². The molecular formula is C9H19N3S. The fourth-order valence-electron chi connectivity index (χ4n) is 1.17. The number of guanidine groups is 1. The van der Waals surface area contributed by atoms with Gasteiger partial charge in [-0.1, -0.05) is 6.92 Å². The van der Waals surface area contributed by atoms with E-state index in [9.17, 15) is 0 Å². The van der Waals surface area contributed by atoms with Gasteiger partial charge in [-0.05, 0) is 20.3 Å². The molecule has 3 N–H and O–H groups in total. The Hall–Kier alpha value is -0.380. The predicted molar refractivity (Wildman–Crippen MR) is 60.2 cm³/mol. The molecule has 4 heteroatoms. The Bertz CT molecular complexity index is 201. The molecule has 1 aliphatic heterocycles. The van der Waals surface area contributed by atoms with Gasteiger partial charge in [0.1, 0.15) is 0 Å². The normalized spacial score (nSPS) is 26.7. The Morgan fingerprint density at radius 2 is 2.38 bits per heavy atom. The van der Waals surface area contributed by atoms with Crippen molar-refractivity contribution in [3.8, 4) is 0 Å². The average molecular weight is 201 g/mol. The molecule has 1 rings (SSSR count). The molecule has 0 aliphatic carbocycles. The molecular weight excluding hydrogens is 182 g/mol. The van der Waals surface area contributed by atoms with Crippen LogP contribution in [-0.2, 0) is 0 Å². The molecule has 1 saturated heterocycles. The summed E-state index contributed by atoms with van der Waals surface area (Å²) < 4.78 is 0.312. The quantitative estimate of drug-likeness (QED) is 0.533. The maximum atomic E-state index is 5.72. The number of rotatable bonds is 3. The molecule has 0 aromatic rings. The smallest absolute Gasteiger partial charge is 0.188 e. The van der Waals surface area contributed by atoms with Gasteiger partial charge in [0, 0.05) is 17.0 Å². The molecule has 0 amide bonds. The van der Waals surface area contributed by atoms with Crippen LogP contribution in [0.2, 0.25) is 0 Å². The second kappa shape index (κ2) is 4.22. The van der Waals surface area contributed by atoms with E-state index in [1.807, 2.05) is 11.8 Å². The maximum absolute atomic E-state index is 5.72. The molecule has 0 aromatic carbocycles. The van der Waals surface area contributed by atoms with Crippen molar-refractivity contribution in [1.82, 2.24) is 5.32 Å². The highest BCUT2D eigenvalue weighted by Gasteiger charge is 2.39. The van der Waals surface area contributed by atoms with Gasteiger partial charge in [0.05, 0.1) is 6.04 Å². The first-order valence-electron chi connectivity index (χ1n) is 4.76. The van der Waals surface area contributed by atoms with Gasteiger partial charge < -0.3 is 11.1 Å². The van der Waals surface area contributed by atoms with E-state index < -0.39 is 0 Å². The van der Waals surface area contributed by atoms with Crippen molar-refractivity contribution in [2.24, 2.45) is 10.7 Å². The zero-order valence-electron chi connectivity index (χ0n) is 8.63. The van der Waals surface area contributed by atoms with Gasteiger partial charge >= 0.3 is 0 Å². The minimum Gasteiger partial charge on any atom is -0.370 e. The van der Waals surface area contributed by atoms with Crippen LogP contribution in [0.5, 0.6) is 0 Å².